The molecule has 1 heterocycles. The fourth-order valence-electron chi connectivity index (χ4n) is 4.38. The summed E-state index contributed by atoms with van der Waals surface area (Å²) in [5.41, 5.74) is 0. The van der Waals surface area contributed by atoms with Gasteiger partial charge in [0.05, 0.1) is 25.4 Å². The number of carbonyl (C=O) groups is 1. The quantitative estimate of drug-likeness (QED) is 0.0951. The molecule has 0 aromatic carbocycles. The van der Waals surface area contributed by atoms with E-state index in [0.29, 0.717) is 0 Å². The van der Waals surface area contributed by atoms with Crippen molar-refractivity contribution in [1.82, 2.24) is 5.32 Å². The van der Waals surface area contributed by atoms with E-state index < -0.39 is 62.0 Å². The second kappa shape index (κ2) is 20.8. The van der Waals surface area contributed by atoms with Crippen LogP contribution in [0.25, 0.3) is 0 Å². The van der Waals surface area contributed by atoms with E-state index in [1.807, 2.05) is 12.2 Å². The summed E-state index contributed by atoms with van der Waals surface area (Å²) in [6.45, 7) is 0.763. The molecule has 1 rings (SSSR count). The lowest BCUT2D eigenvalue weighted by Crippen LogP contribution is -2.59. The molecule has 10 nitrogen and oxygen atoms in total. The van der Waals surface area contributed by atoms with Crippen LogP contribution in [0.4, 0.5) is 0 Å². The van der Waals surface area contributed by atoms with Gasteiger partial charge in [0, 0.05) is 7.11 Å². The highest BCUT2D eigenvalue weighted by atomic mass is 16.7. The van der Waals surface area contributed by atoms with Gasteiger partial charge in [0.15, 0.2) is 6.29 Å². The Balaban J connectivity index is 2.28. The van der Waals surface area contributed by atoms with Crippen molar-refractivity contribution in [3.8, 4) is 0 Å². The number of unbranched alkanes of at least 4 members (excludes halogenated alkanes) is 11. The van der Waals surface area contributed by atoms with Crippen LogP contribution >= 0.6 is 0 Å². The number of ether oxygens (including phenoxy) is 3. The third-order valence-electron chi connectivity index (χ3n) is 6.74. The fraction of sp³-hybridized carbons (Fsp3) is 0.889. The molecule has 3 unspecified atom stereocenters. The molecule has 6 N–H and O–H groups in total. The SMILES string of the molecule is CCCCCCCCCCCCC/C=C/[C@H](OC)[C@H](CO)NC(=O)CO[C@H]1OC(CO)[C@H](O)C(O)C1O. The van der Waals surface area contributed by atoms with Crippen LogP contribution in [0.5, 0.6) is 0 Å². The number of allylic oxidation sites excluding steroid dienone is 1. The van der Waals surface area contributed by atoms with Crippen LogP contribution in [0.15, 0.2) is 12.2 Å². The summed E-state index contributed by atoms with van der Waals surface area (Å²) < 4.78 is 15.9. The van der Waals surface area contributed by atoms with Gasteiger partial charge in [-0.25, -0.2) is 0 Å². The number of carbonyl (C=O) groups excluding carboxylic acids is 1. The lowest BCUT2D eigenvalue weighted by molar-refractivity contribution is -0.299. The molecule has 0 bridgehead atoms. The van der Waals surface area contributed by atoms with E-state index >= 15 is 0 Å². The Bertz CT molecular complexity index is 604. The molecule has 0 radical (unpaired) electrons. The molecule has 37 heavy (non-hydrogen) atoms. The number of hydrogen-bond donors (Lipinski definition) is 6. The molecular weight excluding hydrogens is 482 g/mol. The molecule has 1 saturated heterocycles. The van der Waals surface area contributed by atoms with Crippen molar-refractivity contribution >= 4 is 5.91 Å². The minimum atomic E-state index is -1.59. The van der Waals surface area contributed by atoms with E-state index in [2.05, 4.69) is 12.2 Å². The Labute approximate surface area is 222 Å². The van der Waals surface area contributed by atoms with Gasteiger partial charge in [-0.05, 0) is 12.8 Å². The summed E-state index contributed by atoms with van der Waals surface area (Å²) >= 11 is 0. The van der Waals surface area contributed by atoms with Crippen LogP contribution in [0.3, 0.4) is 0 Å². The van der Waals surface area contributed by atoms with Crippen LogP contribution in [0.2, 0.25) is 0 Å². The van der Waals surface area contributed by atoms with Crippen molar-refractivity contribution in [1.29, 1.82) is 0 Å². The van der Waals surface area contributed by atoms with Crippen LogP contribution in [-0.4, -0.2) is 101 Å². The molecule has 1 amide bonds. The summed E-state index contributed by atoms with van der Waals surface area (Å²) in [5, 5.41) is 51.2. The number of aliphatic hydroxyl groups is 5. The zero-order chi connectivity index (χ0) is 27.5. The molecule has 0 aromatic heterocycles. The summed E-state index contributed by atoms with van der Waals surface area (Å²) in [5.74, 6) is -0.586. The number of methoxy groups -OCH3 is 1. The van der Waals surface area contributed by atoms with Crippen molar-refractivity contribution in [2.45, 2.75) is 127 Å². The molecular formula is C27H51NO9. The molecule has 0 aromatic rings. The predicted molar refractivity (Wildman–Crippen MR) is 140 cm³/mol. The minimum Gasteiger partial charge on any atom is -0.394 e. The van der Waals surface area contributed by atoms with Crippen molar-refractivity contribution in [3.63, 3.8) is 0 Å². The van der Waals surface area contributed by atoms with Crippen molar-refractivity contribution in [2.75, 3.05) is 26.9 Å². The van der Waals surface area contributed by atoms with Crippen LogP contribution in [0.1, 0.15) is 84.0 Å². The first-order valence-corrected chi connectivity index (χ1v) is 13.9. The second-order valence-electron chi connectivity index (χ2n) is 9.82. The van der Waals surface area contributed by atoms with E-state index in [1.165, 1.54) is 71.3 Å². The van der Waals surface area contributed by atoms with Gasteiger partial charge in [-0.1, -0.05) is 83.3 Å². The molecule has 1 fully saturated rings. The number of aliphatic hydroxyl groups excluding tert-OH is 5. The Hall–Kier alpha value is -1.11. The van der Waals surface area contributed by atoms with Gasteiger partial charge in [-0.15, -0.1) is 0 Å². The van der Waals surface area contributed by atoms with Crippen LogP contribution < -0.4 is 5.32 Å². The van der Waals surface area contributed by atoms with Crippen molar-refractivity contribution in [3.05, 3.63) is 12.2 Å². The zero-order valence-electron chi connectivity index (χ0n) is 22.7. The first kappa shape index (κ1) is 33.9. The average molecular weight is 534 g/mol. The van der Waals surface area contributed by atoms with Crippen molar-refractivity contribution < 1.29 is 44.5 Å². The maximum atomic E-state index is 12.3. The number of rotatable bonds is 21. The number of nitrogens with one attached hydrogen (secondary N) is 1. The van der Waals surface area contributed by atoms with Gasteiger partial charge in [0.1, 0.15) is 31.0 Å². The highest BCUT2D eigenvalue weighted by Crippen LogP contribution is 2.22. The predicted octanol–water partition coefficient (Wildman–Crippen LogP) is 1.55. The van der Waals surface area contributed by atoms with Gasteiger partial charge in [0.2, 0.25) is 5.91 Å². The second-order valence-corrected chi connectivity index (χ2v) is 9.82. The van der Waals surface area contributed by atoms with Gasteiger partial charge >= 0.3 is 0 Å². The Morgan fingerprint density at radius 2 is 1.51 bits per heavy atom. The smallest absolute Gasteiger partial charge is 0.246 e. The monoisotopic (exact) mass is 533 g/mol. The largest absolute Gasteiger partial charge is 0.394 e. The summed E-state index contributed by atoms with van der Waals surface area (Å²) in [6.07, 6.45) is 11.1. The van der Waals surface area contributed by atoms with E-state index in [1.54, 1.807) is 0 Å². The van der Waals surface area contributed by atoms with Gasteiger partial charge in [-0.2, -0.15) is 0 Å². The molecule has 218 valence electrons. The lowest BCUT2D eigenvalue weighted by atomic mass is 9.99. The van der Waals surface area contributed by atoms with E-state index in [9.17, 15) is 30.3 Å². The molecule has 1 aliphatic heterocycles. The van der Waals surface area contributed by atoms with Crippen molar-refractivity contribution in [2.24, 2.45) is 0 Å². The van der Waals surface area contributed by atoms with Gasteiger partial charge in [0.25, 0.3) is 0 Å². The van der Waals surface area contributed by atoms with E-state index in [0.717, 1.165) is 12.8 Å². The maximum absolute atomic E-state index is 12.3. The van der Waals surface area contributed by atoms with Gasteiger partial charge in [-0.3, -0.25) is 4.79 Å². The summed E-state index contributed by atoms with van der Waals surface area (Å²) in [7, 11) is 1.50. The normalized spacial score (nSPS) is 25.9. The first-order chi connectivity index (χ1) is 17.9. The third-order valence-corrected chi connectivity index (χ3v) is 6.74. The molecule has 1 aliphatic rings. The zero-order valence-corrected chi connectivity index (χ0v) is 22.7. The summed E-state index contributed by atoms with van der Waals surface area (Å²) in [4.78, 5) is 12.3. The van der Waals surface area contributed by atoms with Crippen LogP contribution in [0, 0.1) is 0 Å². The Morgan fingerprint density at radius 3 is 2.05 bits per heavy atom. The summed E-state index contributed by atoms with van der Waals surface area (Å²) in [6, 6.07) is -0.704. The highest BCUT2D eigenvalue weighted by molar-refractivity contribution is 5.77. The third kappa shape index (κ3) is 13.5. The number of hydrogen-bond acceptors (Lipinski definition) is 9. The van der Waals surface area contributed by atoms with Gasteiger partial charge < -0.3 is 45.1 Å². The molecule has 0 spiro atoms. The molecule has 7 atom stereocenters. The fourth-order valence-corrected chi connectivity index (χ4v) is 4.38. The Morgan fingerprint density at radius 1 is 0.919 bits per heavy atom. The standard InChI is InChI=1S/C27H51NO9/c1-3-4-5-6-7-8-9-10-11-12-13-14-15-16-21(35-2)20(17-29)28-23(31)19-36-27-26(34)25(33)24(32)22(18-30)37-27/h15-16,20-22,24-27,29-30,32-34H,3-14,17-19H2,1-2H3,(H,28,31)/b16-15+/t20-,21-,22?,24-,25?,26?,27-/m0/s1. The molecule has 0 aliphatic carbocycles. The highest BCUT2D eigenvalue weighted by Gasteiger charge is 2.44. The molecule has 0 saturated carbocycles. The Kier molecular flexibility index (Phi) is 19.1. The molecule has 10 heteroatoms. The lowest BCUT2D eigenvalue weighted by Gasteiger charge is -2.39. The average Bonchev–Trinajstić information content (AvgIpc) is 2.90. The topological polar surface area (TPSA) is 158 Å². The minimum absolute atomic E-state index is 0.354. The van der Waals surface area contributed by atoms with E-state index in [-0.39, 0.29) is 6.61 Å². The maximum Gasteiger partial charge on any atom is 0.246 e. The van der Waals surface area contributed by atoms with Crippen LogP contribution in [-0.2, 0) is 19.0 Å². The number of amides is 1. The first-order valence-electron chi connectivity index (χ1n) is 13.9. The van der Waals surface area contributed by atoms with E-state index in [4.69, 9.17) is 14.2 Å².